The number of rotatable bonds is 5. The van der Waals surface area contributed by atoms with E-state index < -0.39 is 0 Å². The van der Waals surface area contributed by atoms with Gasteiger partial charge >= 0.3 is 0 Å². The molecule has 6 nitrogen and oxygen atoms in total. The van der Waals surface area contributed by atoms with Crippen molar-refractivity contribution in [1.29, 1.82) is 0 Å². The van der Waals surface area contributed by atoms with Crippen molar-refractivity contribution < 1.29 is 9.47 Å². The molecule has 6 aromatic rings. The molecule has 202 valence electrons. The fraction of sp³-hybridized carbons (Fsp3) is 0.111. The van der Waals surface area contributed by atoms with E-state index in [1.54, 1.807) is 0 Å². The number of hydrogen-bond donors (Lipinski definition) is 0. The summed E-state index contributed by atoms with van der Waals surface area (Å²) < 4.78 is 11.3. The molecule has 0 bridgehead atoms. The Morgan fingerprint density at radius 2 is 0.976 bits per heavy atom. The van der Waals surface area contributed by atoms with Gasteiger partial charge in [-0.1, -0.05) is 78.9 Å². The molecular formula is C36H26N4O2. The van der Waals surface area contributed by atoms with E-state index in [2.05, 4.69) is 88.8 Å². The number of ether oxygens (including phenoxy) is 2. The number of benzene rings is 4. The molecule has 42 heavy (non-hydrogen) atoms. The summed E-state index contributed by atoms with van der Waals surface area (Å²) in [6, 6.07) is 34.1. The van der Waals surface area contributed by atoms with Gasteiger partial charge in [0.2, 0.25) is 11.8 Å². The minimum atomic E-state index is 0.606. The normalized spacial score (nSPS) is 14.5. The summed E-state index contributed by atoms with van der Waals surface area (Å²) >= 11 is 0. The van der Waals surface area contributed by atoms with Gasteiger partial charge in [-0.3, -0.25) is 9.97 Å². The molecule has 0 aliphatic carbocycles. The van der Waals surface area contributed by atoms with Crippen LogP contribution in [0.4, 0.5) is 0 Å². The Bertz CT molecular complexity index is 2020. The molecular weight excluding hydrogens is 520 g/mol. The first-order valence-corrected chi connectivity index (χ1v) is 14.2. The van der Waals surface area contributed by atoms with Crippen molar-refractivity contribution in [3.05, 3.63) is 121 Å². The maximum Gasteiger partial charge on any atom is 0.235 e. The van der Waals surface area contributed by atoms with Crippen LogP contribution in [-0.4, -0.2) is 48.1 Å². The summed E-state index contributed by atoms with van der Waals surface area (Å²) in [6.07, 6.45) is 3.87. The maximum atomic E-state index is 5.66. The van der Waals surface area contributed by atoms with Crippen molar-refractivity contribution in [3.8, 4) is 33.4 Å². The zero-order valence-electron chi connectivity index (χ0n) is 22.8. The predicted octanol–water partition coefficient (Wildman–Crippen LogP) is 7.34. The second kappa shape index (κ2) is 10.2. The summed E-state index contributed by atoms with van der Waals surface area (Å²) in [5, 5.41) is 4.62. The number of fused-ring (bicyclic) bond motifs is 2. The van der Waals surface area contributed by atoms with Crippen LogP contribution in [0.15, 0.2) is 119 Å². The van der Waals surface area contributed by atoms with Crippen molar-refractivity contribution in [3.63, 3.8) is 0 Å². The van der Waals surface area contributed by atoms with Crippen molar-refractivity contribution in [2.75, 3.05) is 26.3 Å². The summed E-state index contributed by atoms with van der Waals surface area (Å²) in [5.41, 5.74) is 8.23. The van der Waals surface area contributed by atoms with Gasteiger partial charge in [-0.05, 0) is 62.0 Å². The van der Waals surface area contributed by atoms with Gasteiger partial charge in [0.15, 0.2) is 0 Å². The molecule has 4 heterocycles. The molecule has 2 aliphatic rings. The topological polar surface area (TPSA) is 69.0 Å². The molecule has 0 spiro atoms. The number of aromatic nitrogens is 2. The number of nitrogens with zero attached hydrogens (tertiary/aromatic N) is 4. The zero-order chi connectivity index (χ0) is 27.9. The smallest absolute Gasteiger partial charge is 0.235 e. The number of pyridine rings is 2. The van der Waals surface area contributed by atoms with Crippen LogP contribution in [0, 0.1) is 0 Å². The molecule has 0 amide bonds. The standard InChI is InChI=1S/C36H26N4O2/c1-2-6-23(7-3-1)24-10-13-29-30(20-24)34(26-12-15-32(40-22-26)36-38-17-19-42-36)28-9-5-4-8-27(28)33(29)25-11-14-31(39-21-25)35-37-16-18-41-35/h1-15,20-22H,16-19H2. The first-order chi connectivity index (χ1) is 20.8. The molecule has 6 heteroatoms. The summed E-state index contributed by atoms with van der Waals surface area (Å²) in [4.78, 5) is 18.4. The quantitative estimate of drug-likeness (QED) is 0.212. The van der Waals surface area contributed by atoms with Crippen LogP contribution in [0.3, 0.4) is 0 Å². The third-order valence-electron chi connectivity index (χ3n) is 7.84. The maximum absolute atomic E-state index is 5.66. The first kappa shape index (κ1) is 24.4. The van der Waals surface area contributed by atoms with Gasteiger partial charge in [-0.15, -0.1) is 0 Å². The highest BCUT2D eigenvalue weighted by atomic mass is 16.5. The molecule has 0 atom stereocenters. The van der Waals surface area contributed by atoms with E-state index in [0.29, 0.717) is 38.1 Å². The summed E-state index contributed by atoms with van der Waals surface area (Å²) in [7, 11) is 0. The van der Waals surface area contributed by atoms with Crippen molar-refractivity contribution >= 4 is 33.3 Å². The third kappa shape index (κ3) is 4.20. The fourth-order valence-electron chi connectivity index (χ4n) is 5.93. The molecule has 4 aromatic carbocycles. The molecule has 0 unspecified atom stereocenters. The molecule has 0 saturated heterocycles. The highest BCUT2D eigenvalue weighted by molar-refractivity contribution is 6.22. The highest BCUT2D eigenvalue weighted by Gasteiger charge is 2.20. The van der Waals surface area contributed by atoms with Crippen molar-refractivity contribution in [2.24, 2.45) is 9.98 Å². The van der Waals surface area contributed by atoms with Gasteiger partial charge in [-0.2, -0.15) is 0 Å². The van der Waals surface area contributed by atoms with Gasteiger partial charge in [0.05, 0.1) is 13.1 Å². The van der Waals surface area contributed by atoms with Crippen molar-refractivity contribution in [2.45, 2.75) is 0 Å². The summed E-state index contributed by atoms with van der Waals surface area (Å²) in [5.74, 6) is 1.23. The lowest BCUT2D eigenvalue weighted by atomic mass is 9.85. The lowest BCUT2D eigenvalue weighted by Gasteiger charge is -2.18. The average molecular weight is 547 g/mol. The number of aliphatic imine (C=N–C) groups is 2. The Hall–Kier alpha value is -5.36. The van der Waals surface area contributed by atoms with E-state index in [9.17, 15) is 0 Å². The Balaban J connectivity index is 1.38. The Kier molecular flexibility index (Phi) is 5.96. The predicted molar refractivity (Wildman–Crippen MR) is 168 cm³/mol. The minimum absolute atomic E-state index is 0.606. The Morgan fingerprint density at radius 3 is 1.50 bits per heavy atom. The van der Waals surface area contributed by atoms with E-state index in [-0.39, 0.29) is 0 Å². The van der Waals surface area contributed by atoms with Crippen LogP contribution in [0.25, 0.3) is 54.9 Å². The van der Waals surface area contributed by atoms with E-state index in [0.717, 1.165) is 60.8 Å². The van der Waals surface area contributed by atoms with Crippen LogP contribution >= 0.6 is 0 Å². The number of hydrogen-bond acceptors (Lipinski definition) is 6. The third-order valence-corrected chi connectivity index (χ3v) is 7.84. The SMILES string of the molecule is c1ccc(-c2ccc3c(-c4ccc(C5=NCCO5)nc4)c4ccccc4c(-c4ccc(C5=NCCO5)nc4)c3c2)cc1. The molecule has 0 saturated carbocycles. The molecule has 8 rings (SSSR count). The lowest BCUT2D eigenvalue weighted by Crippen LogP contribution is -2.04. The molecule has 2 aliphatic heterocycles. The van der Waals surface area contributed by atoms with Gasteiger partial charge in [0.1, 0.15) is 24.6 Å². The molecule has 2 aromatic heterocycles. The van der Waals surface area contributed by atoms with Crippen LogP contribution in [0.1, 0.15) is 11.4 Å². The van der Waals surface area contributed by atoms with Gasteiger partial charge < -0.3 is 9.47 Å². The lowest BCUT2D eigenvalue weighted by molar-refractivity contribution is 0.347. The van der Waals surface area contributed by atoms with Crippen LogP contribution in [0.5, 0.6) is 0 Å². The average Bonchev–Trinajstić information content (AvgIpc) is 3.80. The molecule has 0 radical (unpaired) electrons. The summed E-state index contributed by atoms with van der Waals surface area (Å²) in [6.45, 7) is 2.57. The first-order valence-electron chi connectivity index (χ1n) is 14.2. The monoisotopic (exact) mass is 546 g/mol. The second-order valence-corrected chi connectivity index (χ2v) is 10.4. The van der Waals surface area contributed by atoms with E-state index in [1.165, 1.54) is 5.56 Å². The Morgan fingerprint density at radius 1 is 0.452 bits per heavy atom. The highest BCUT2D eigenvalue weighted by Crippen LogP contribution is 2.44. The van der Waals surface area contributed by atoms with E-state index >= 15 is 0 Å². The van der Waals surface area contributed by atoms with Gasteiger partial charge in [0.25, 0.3) is 0 Å². The minimum Gasteiger partial charge on any atom is -0.474 e. The molecule has 0 fully saturated rings. The largest absolute Gasteiger partial charge is 0.474 e. The second-order valence-electron chi connectivity index (χ2n) is 10.4. The molecule has 0 N–H and O–H groups in total. The van der Waals surface area contributed by atoms with Crippen LogP contribution in [0.2, 0.25) is 0 Å². The van der Waals surface area contributed by atoms with Gasteiger partial charge in [0, 0.05) is 23.5 Å². The Labute approximate surface area is 243 Å². The van der Waals surface area contributed by atoms with Gasteiger partial charge in [-0.25, -0.2) is 9.98 Å². The van der Waals surface area contributed by atoms with E-state index in [4.69, 9.17) is 19.4 Å². The van der Waals surface area contributed by atoms with E-state index in [1.807, 2.05) is 30.6 Å². The zero-order valence-corrected chi connectivity index (χ0v) is 22.8. The fourth-order valence-corrected chi connectivity index (χ4v) is 5.93. The van der Waals surface area contributed by atoms with Crippen LogP contribution in [-0.2, 0) is 9.47 Å². The van der Waals surface area contributed by atoms with Crippen molar-refractivity contribution in [1.82, 2.24) is 9.97 Å². The van der Waals surface area contributed by atoms with Crippen LogP contribution < -0.4 is 0 Å².